The summed E-state index contributed by atoms with van der Waals surface area (Å²) in [5.74, 6) is 0.719. The lowest BCUT2D eigenvalue weighted by Gasteiger charge is -2.21. The Bertz CT molecular complexity index is 1640. The van der Waals surface area contributed by atoms with Crippen molar-refractivity contribution in [3.05, 3.63) is 83.0 Å². The summed E-state index contributed by atoms with van der Waals surface area (Å²) in [5, 5.41) is 3.82. The van der Waals surface area contributed by atoms with Gasteiger partial charge in [0, 0.05) is 33.9 Å². The molecule has 5 rings (SSSR count). The van der Waals surface area contributed by atoms with Gasteiger partial charge in [-0.25, -0.2) is 13.4 Å². The van der Waals surface area contributed by atoms with E-state index in [0.717, 1.165) is 5.56 Å². The first-order valence-electron chi connectivity index (χ1n) is 12.3. The second kappa shape index (κ2) is 11.5. The van der Waals surface area contributed by atoms with E-state index in [2.05, 4.69) is 10.3 Å². The number of benzene rings is 3. The topological polar surface area (TPSA) is 103 Å². The highest BCUT2D eigenvalue weighted by Gasteiger charge is 2.39. The van der Waals surface area contributed by atoms with Crippen LogP contribution in [-0.4, -0.2) is 55.0 Å². The Balaban J connectivity index is 1.47. The third kappa shape index (κ3) is 5.95. The first-order valence-corrected chi connectivity index (χ1v) is 14.5. The molecule has 3 aromatic carbocycles. The normalized spacial score (nSPS) is 13.3. The maximum Gasteiger partial charge on any atom is 0.243 e. The predicted octanol–water partition coefficient (Wildman–Crippen LogP) is 5.66. The minimum atomic E-state index is -3.92. The molecule has 12 heteroatoms. The van der Waals surface area contributed by atoms with Gasteiger partial charge in [-0.15, -0.1) is 0 Å². The molecule has 0 saturated heterocycles. The smallest absolute Gasteiger partial charge is 0.243 e. The molecule has 0 radical (unpaired) electrons. The lowest BCUT2D eigenvalue weighted by atomic mass is 10.2. The molecule has 1 aliphatic carbocycles. The molecule has 1 saturated carbocycles. The van der Waals surface area contributed by atoms with Crippen molar-refractivity contribution < 1.29 is 22.7 Å². The maximum absolute atomic E-state index is 13.4. The van der Waals surface area contributed by atoms with Gasteiger partial charge in [0.1, 0.15) is 0 Å². The number of hydrogen-bond acceptors (Lipinski definition) is 6. The molecule has 0 unspecified atom stereocenters. The van der Waals surface area contributed by atoms with Crippen LogP contribution in [0, 0.1) is 0 Å². The van der Waals surface area contributed by atoms with Gasteiger partial charge >= 0.3 is 0 Å². The van der Waals surface area contributed by atoms with Crippen molar-refractivity contribution in [3.8, 4) is 28.4 Å². The SMILES string of the molecule is COc1ccc(-n2cc(-c3ccc(Cl)cc3)nc2NC(=O)CN(C2CC2)S(=O)(=O)c2ccc(Cl)cc2)cc1OC. The van der Waals surface area contributed by atoms with Gasteiger partial charge in [0.2, 0.25) is 21.9 Å². The zero-order chi connectivity index (χ0) is 28.4. The van der Waals surface area contributed by atoms with Gasteiger partial charge in [-0.1, -0.05) is 35.3 Å². The molecule has 0 spiro atoms. The fourth-order valence-electron chi connectivity index (χ4n) is 4.22. The Kier molecular flexibility index (Phi) is 8.04. The first kappa shape index (κ1) is 28.0. The largest absolute Gasteiger partial charge is 0.493 e. The van der Waals surface area contributed by atoms with Gasteiger partial charge in [-0.3, -0.25) is 14.7 Å². The number of nitrogens with zero attached hydrogens (tertiary/aromatic N) is 3. The quantitative estimate of drug-likeness (QED) is 0.252. The average Bonchev–Trinajstić information content (AvgIpc) is 3.71. The molecule has 208 valence electrons. The van der Waals surface area contributed by atoms with Crippen LogP contribution in [0.1, 0.15) is 12.8 Å². The molecule has 1 amide bonds. The molecule has 9 nitrogen and oxygen atoms in total. The van der Waals surface area contributed by atoms with Crippen molar-refractivity contribution in [3.63, 3.8) is 0 Å². The lowest BCUT2D eigenvalue weighted by Crippen LogP contribution is -2.39. The molecule has 1 N–H and O–H groups in total. The summed E-state index contributed by atoms with van der Waals surface area (Å²) in [6.07, 6.45) is 3.13. The number of rotatable bonds is 10. The van der Waals surface area contributed by atoms with E-state index in [1.54, 1.807) is 48.2 Å². The molecule has 0 atom stereocenters. The lowest BCUT2D eigenvalue weighted by molar-refractivity contribution is -0.116. The molecule has 0 bridgehead atoms. The van der Waals surface area contributed by atoms with Crippen LogP contribution in [0.15, 0.2) is 77.8 Å². The summed E-state index contributed by atoms with van der Waals surface area (Å²) in [7, 11) is -0.842. The van der Waals surface area contributed by atoms with E-state index in [4.69, 9.17) is 32.7 Å². The molecule has 1 fully saturated rings. The summed E-state index contributed by atoms with van der Waals surface area (Å²) >= 11 is 12.0. The molecular formula is C28H26Cl2N4O5S. The molecule has 4 aromatic rings. The van der Waals surface area contributed by atoms with Crippen LogP contribution in [0.3, 0.4) is 0 Å². The summed E-state index contributed by atoms with van der Waals surface area (Å²) in [4.78, 5) is 18.1. The standard InChI is InChI=1S/C28H26Cl2N4O5S/c1-38-25-14-11-22(15-26(25)39-2)33-16-24(18-3-5-19(29)6-4-18)31-28(33)32-27(35)17-34(21-9-10-21)40(36,37)23-12-7-20(30)8-13-23/h3-8,11-16,21H,9-10,17H2,1-2H3,(H,31,32,35). The summed E-state index contributed by atoms with van der Waals surface area (Å²) in [6.45, 7) is -0.370. The third-order valence-electron chi connectivity index (χ3n) is 6.42. The highest BCUT2D eigenvalue weighted by Crippen LogP contribution is 2.34. The Morgan fingerprint density at radius 2 is 1.60 bits per heavy atom. The first-order chi connectivity index (χ1) is 19.2. The second-order valence-corrected chi connectivity index (χ2v) is 11.9. The number of hydrogen-bond donors (Lipinski definition) is 1. The van der Waals surface area contributed by atoms with Crippen LogP contribution in [0.25, 0.3) is 16.9 Å². The Morgan fingerprint density at radius 3 is 2.20 bits per heavy atom. The monoisotopic (exact) mass is 600 g/mol. The van der Waals surface area contributed by atoms with Crippen LogP contribution in [0.5, 0.6) is 11.5 Å². The van der Waals surface area contributed by atoms with Crippen LogP contribution in [0.2, 0.25) is 10.0 Å². The molecule has 1 heterocycles. The van der Waals surface area contributed by atoms with Crippen LogP contribution < -0.4 is 14.8 Å². The number of carbonyl (C=O) groups is 1. The number of anilines is 1. The molecular weight excluding hydrogens is 575 g/mol. The third-order valence-corrected chi connectivity index (χ3v) is 8.83. The van der Waals surface area contributed by atoms with E-state index < -0.39 is 15.9 Å². The molecule has 0 aliphatic heterocycles. The van der Waals surface area contributed by atoms with E-state index in [1.165, 1.54) is 35.7 Å². The van der Waals surface area contributed by atoms with Crippen molar-refractivity contribution in [1.82, 2.24) is 13.9 Å². The number of aromatic nitrogens is 2. The molecule has 1 aliphatic rings. The average molecular weight is 602 g/mol. The van der Waals surface area contributed by atoms with Gasteiger partial charge in [0.15, 0.2) is 11.5 Å². The predicted molar refractivity (Wildman–Crippen MR) is 154 cm³/mol. The number of methoxy groups -OCH3 is 2. The summed E-state index contributed by atoms with van der Waals surface area (Å²) in [6, 6.07) is 18.1. The highest BCUT2D eigenvalue weighted by molar-refractivity contribution is 7.89. The zero-order valence-electron chi connectivity index (χ0n) is 21.7. The van der Waals surface area contributed by atoms with Crippen molar-refractivity contribution in [2.75, 3.05) is 26.1 Å². The number of halogens is 2. The van der Waals surface area contributed by atoms with Gasteiger partial charge in [-0.2, -0.15) is 4.31 Å². The van der Waals surface area contributed by atoms with Gasteiger partial charge < -0.3 is 9.47 Å². The van der Waals surface area contributed by atoms with Crippen molar-refractivity contribution in [2.24, 2.45) is 0 Å². The van der Waals surface area contributed by atoms with E-state index in [0.29, 0.717) is 45.8 Å². The summed E-state index contributed by atoms with van der Waals surface area (Å²) < 4.78 is 40.5. The van der Waals surface area contributed by atoms with Crippen molar-refractivity contribution >= 4 is 45.1 Å². The minimum Gasteiger partial charge on any atom is -0.493 e. The van der Waals surface area contributed by atoms with Crippen LogP contribution in [-0.2, 0) is 14.8 Å². The van der Waals surface area contributed by atoms with E-state index in [-0.39, 0.29) is 23.4 Å². The number of sulfonamides is 1. The number of carbonyl (C=O) groups excluding carboxylic acids is 1. The Morgan fingerprint density at radius 1 is 0.975 bits per heavy atom. The van der Waals surface area contributed by atoms with Crippen molar-refractivity contribution in [2.45, 2.75) is 23.8 Å². The highest BCUT2D eigenvalue weighted by atomic mass is 35.5. The number of imidazole rings is 1. The van der Waals surface area contributed by atoms with Crippen LogP contribution in [0.4, 0.5) is 5.95 Å². The number of nitrogens with one attached hydrogen (secondary N) is 1. The van der Waals surface area contributed by atoms with Gasteiger partial charge in [0.05, 0.1) is 37.0 Å². The Labute approximate surface area is 242 Å². The molecule has 1 aromatic heterocycles. The number of ether oxygens (including phenoxy) is 2. The second-order valence-electron chi connectivity index (χ2n) is 9.15. The van der Waals surface area contributed by atoms with Gasteiger partial charge in [-0.05, 0) is 61.4 Å². The van der Waals surface area contributed by atoms with E-state index in [1.807, 2.05) is 12.1 Å². The van der Waals surface area contributed by atoms with Gasteiger partial charge in [0.25, 0.3) is 0 Å². The summed E-state index contributed by atoms with van der Waals surface area (Å²) in [5.41, 5.74) is 2.01. The van der Waals surface area contributed by atoms with E-state index in [9.17, 15) is 13.2 Å². The fraction of sp³-hybridized carbons (Fsp3) is 0.214. The Hall–Kier alpha value is -3.57. The number of amides is 1. The molecule has 40 heavy (non-hydrogen) atoms. The minimum absolute atomic E-state index is 0.0773. The van der Waals surface area contributed by atoms with Crippen LogP contribution >= 0.6 is 23.2 Å². The maximum atomic E-state index is 13.4. The fourth-order valence-corrected chi connectivity index (χ4v) is 6.11. The van der Waals surface area contributed by atoms with Crippen molar-refractivity contribution in [1.29, 1.82) is 0 Å². The zero-order valence-corrected chi connectivity index (χ0v) is 24.0. The van der Waals surface area contributed by atoms with E-state index >= 15 is 0 Å².